The fourth-order valence-corrected chi connectivity index (χ4v) is 8.06. The van der Waals surface area contributed by atoms with Crippen molar-refractivity contribution in [1.82, 2.24) is 0 Å². The van der Waals surface area contributed by atoms with Crippen molar-refractivity contribution < 1.29 is 9.72 Å². The van der Waals surface area contributed by atoms with E-state index in [1.165, 1.54) is 38.5 Å². The van der Waals surface area contributed by atoms with E-state index in [9.17, 15) is 0 Å². The number of hydrogen-bond acceptors (Lipinski definition) is 1. The zero-order valence-corrected chi connectivity index (χ0v) is 43.0. The van der Waals surface area contributed by atoms with Crippen LogP contribution in [0.1, 0.15) is 80.1 Å². The molecule has 4 unspecified atom stereocenters. The molecule has 2 aliphatic rings. The van der Waals surface area contributed by atoms with E-state index in [-0.39, 0.29) is 211 Å². The predicted molar refractivity (Wildman–Crippen MR) is 176 cm³/mol. The SMILES string of the molecule is C1CCOC1.CC(C)(C)C(CC1C=CC(CC([NH2+][Si](C)(C)C)C(C)(C)C)CC1)[N-][Si](C)(C)C.[K].[K].[K].[K]. The number of rotatable bonds is 8. The maximum absolute atomic E-state index is 5.32. The van der Waals surface area contributed by atoms with Gasteiger partial charge in [-0.1, -0.05) is 93.4 Å². The molecule has 1 fully saturated rings. The molecule has 4 radical (unpaired) electrons. The van der Waals surface area contributed by atoms with Crippen LogP contribution < -0.4 is 4.98 Å². The van der Waals surface area contributed by atoms with E-state index in [1.54, 1.807) is 0 Å². The minimum Gasteiger partial charge on any atom is -0.662 e. The second-order valence-electron chi connectivity index (χ2n) is 15.0. The van der Waals surface area contributed by atoms with Crippen molar-refractivity contribution in [3.05, 3.63) is 17.1 Å². The third-order valence-corrected chi connectivity index (χ3v) is 9.32. The standard InChI is InChI=1S/C24H51N2Si2.C4H8O.4K/c1-23(2,3)21(25-27(7,8)9)17-19-13-15-20(16-14-19)18-22(24(4,5)6)26-28(10,11)12;1-2-4-5-3-1;;;;/h13,15,19-22,25H,14,16-18H2,1-12H3;1-4H2;;;;/q-1;;;;;/p+1. The Hall–Kier alpha value is 6.60. The van der Waals surface area contributed by atoms with Crippen LogP contribution in [0, 0.1) is 22.7 Å². The summed E-state index contributed by atoms with van der Waals surface area (Å²) in [5, 5.41) is 0. The molecule has 0 saturated carbocycles. The van der Waals surface area contributed by atoms with Crippen molar-refractivity contribution in [2.75, 3.05) is 13.2 Å². The minimum atomic E-state index is -1.39. The van der Waals surface area contributed by atoms with Gasteiger partial charge in [-0.15, -0.1) is 6.04 Å². The molecule has 1 heterocycles. The molecule has 1 saturated heterocycles. The van der Waals surface area contributed by atoms with Crippen LogP contribution in [0.2, 0.25) is 39.3 Å². The molecule has 9 heteroatoms. The van der Waals surface area contributed by atoms with Crippen molar-refractivity contribution in [3.8, 4) is 0 Å². The number of allylic oxidation sites excluding steroid dienone is 2. The van der Waals surface area contributed by atoms with E-state index < -0.39 is 16.5 Å². The summed E-state index contributed by atoms with van der Waals surface area (Å²) in [6, 6.07) is 1.22. The van der Waals surface area contributed by atoms with Crippen LogP contribution in [0.5, 0.6) is 0 Å². The van der Waals surface area contributed by atoms with Gasteiger partial charge in [0.05, 0.1) is 6.04 Å². The summed E-state index contributed by atoms with van der Waals surface area (Å²) < 4.78 is 4.94. The largest absolute Gasteiger partial charge is 0.662 e. The Kier molecular flexibility index (Phi) is 32.5. The van der Waals surface area contributed by atoms with Gasteiger partial charge in [0, 0.05) is 231 Å². The number of nitrogens with zero attached hydrogens (tertiary/aromatic N) is 1. The summed E-state index contributed by atoms with van der Waals surface area (Å²) in [7, 11) is -2.54. The van der Waals surface area contributed by atoms with Crippen molar-refractivity contribution in [1.29, 1.82) is 0 Å². The predicted octanol–water partition coefficient (Wildman–Crippen LogP) is 6.06. The molecule has 0 amide bonds. The summed E-state index contributed by atoms with van der Waals surface area (Å²) in [5.41, 5.74) is 0.646. The van der Waals surface area contributed by atoms with Gasteiger partial charge in [0.1, 0.15) is 0 Å². The topological polar surface area (TPSA) is 39.9 Å². The molecular weight excluding hydrogens is 593 g/mol. The monoisotopic (exact) mass is 652 g/mol. The van der Waals surface area contributed by atoms with Gasteiger partial charge in [-0.2, -0.15) is 0 Å². The van der Waals surface area contributed by atoms with Crippen LogP contribution in [0.15, 0.2) is 12.2 Å². The first-order valence-corrected chi connectivity index (χ1v) is 20.7. The molecule has 200 valence electrons. The average molecular weight is 653 g/mol. The van der Waals surface area contributed by atoms with Crippen LogP contribution in [-0.4, -0.2) is 247 Å². The smallest absolute Gasteiger partial charge is 0.273 e. The summed E-state index contributed by atoms with van der Waals surface area (Å²) >= 11 is 0. The summed E-state index contributed by atoms with van der Waals surface area (Å²) in [5.74, 6) is 1.48. The second-order valence-corrected chi connectivity index (χ2v) is 24.6. The van der Waals surface area contributed by atoms with Gasteiger partial charge in [0.2, 0.25) is 0 Å². The molecule has 3 nitrogen and oxygen atoms in total. The van der Waals surface area contributed by atoms with E-state index in [4.69, 9.17) is 9.72 Å². The van der Waals surface area contributed by atoms with Gasteiger partial charge in [0.15, 0.2) is 0 Å². The van der Waals surface area contributed by atoms with Crippen molar-refractivity contribution in [2.45, 2.75) is 131 Å². The first-order valence-electron chi connectivity index (χ1n) is 13.7. The number of ether oxygens (including phenoxy) is 1. The Bertz CT molecular complexity index is 539. The van der Waals surface area contributed by atoms with Gasteiger partial charge in [-0.05, 0) is 57.2 Å². The second kappa shape index (κ2) is 23.8. The molecule has 0 aromatic carbocycles. The number of quaternary nitrogens is 1. The molecular formula is C28H60K4N2OSi2. The van der Waals surface area contributed by atoms with Crippen LogP contribution in [-0.2, 0) is 4.74 Å². The van der Waals surface area contributed by atoms with Crippen molar-refractivity contribution in [3.63, 3.8) is 0 Å². The number of hydrogen-bond donors (Lipinski definition) is 1. The van der Waals surface area contributed by atoms with Crippen LogP contribution in [0.3, 0.4) is 0 Å². The molecule has 4 atom stereocenters. The normalized spacial score (nSPS) is 21.6. The Morgan fingerprint density at radius 3 is 1.46 bits per heavy atom. The zero-order chi connectivity index (χ0) is 25.5. The third kappa shape index (κ3) is 26.4. The van der Waals surface area contributed by atoms with Crippen molar-refractivity contribution in [2.24, 2.45) is 22.7 Å². The van der Waals surface area contributed by atoms with Crippen LogP contribution in [0.4, 0.5) is 0 Å². The summed E-state index contributed by atoms with van der Waals surface area (Å²) in [4.78, 5) is 8.06. The van der Waals surface area contributed by atoms with Gasteiger partial charge in [0.25, 0.3) is 8.24 Å². The quantitative estimate of drug-likeness (QED) is 0.251. The van der Waals surface area contributed by atoms with E-state index in [0.717, 1.165) is 31.1 Å². The molecule has 0 spiro atoms. The molecule has 2 N–H and O–H groups in total. The van der Waals surface area contributed by atoms with Crippen LogP contribution >= 0.6 is 0 Å². The molecule has 37 heavy (non-hydrogen) atoms. The van der Waals surface area contributed by atoms with Gasteiger partial charge in [-0.3, -0.25) is 0 Å². The van der Waals surface area contributed by atoms with E-state index in [2.05, 4.69) is 98.0 Å². The van der Waals surface area contributed by atoms with E-state index >= 15 is 0 Å². The summed E-state index contributed by atoms with van der Waals surface area (Å²) in [6.45, 7) is 31.0. The maximum Gasteiger partial charge on any atom is 0.273 e. The minimum absolute atomic E-state index is 0. The molecule has 0 aromatic heterocycles. The Morgan fingerprint density at radius 1 is 0.757 bits per heavy atom. The van der Waals surface area contributed by atoms with Gasteiger partial charge in [-0.25, -0.2) is 0 Å². The Balaban J connectivity index is -0.000000539. The van der Waals surface area contributed by atoms with Crippen molar-refractivity contribution >= 4 is 222 Å². The van der Waals surface area contributed by atoms with Gasteiger partial charge >= 0.3 is 0 Å². The molecule has 2 rings (SSSR count). The molecule has 0 aromatic rings. The first-order chi connectivity index (χ1) is 14.9. The van der Waals surface area contributed by atoms with E-state index in [0.29, 0.717) is 11.5 Å². The van der Waals surface area contributed by atoms with E-state index in [1.807, 2.05) is 0 Å². The Morgan fingerprint density at radius 2 is 1.19 bits per heavy atom. The zero-order valence-electron chi connectivity index (χ0n) is 28.6. The van der Waals surface area contributed by atoms with Gasteiger partial charge < -0.3 is 14.7 Å². The fraction of sp³-hybridized carbons (Fsp3) is 0.929. The van der Waals surface area contributed by atoms with Crippen LogP contribution in [0.25, 0.3) is 4.98 Å². The molecule has 1 aliphatic carbocycles. The average Bonchev–Trinajstić information content (AvgIpc) is 3.18. The third-order valence-electron chi connectivity index (χ3n) is 6.83. The number of nitrogens with two attached hydrogens (primary N) is 1. The Labute approximate surface area is 406 Å². The fourth-order valence-electron chi connectivity index (χ4n) is 4.79. The molecule has 1 aliphatic heterocycles. The maximum atomic E-state index is 5.32. The molecule has 0 bridgehead atoms. The first kappa shape index (κ1) is 50.5. The summed E-state index contributed by atoms with van der Waals surface area (Å²) in [6.07, 6.45) is 13.0.